The standard InChI is InChI=1S/C31H32N2O4/c1-30(2,3)24-12-8-21(9-13-24)27(34)32-25-14-10-20(11-15-25)22-6-7-23-19-33(28(35)26(23)18-22)31(29(36)37)16-4-5-17-31/h6-15,18H,4-5,16-17,19H2,1-3H3,(H,32,34)(H,36,37). The molecule has 6 nitrogen and oxygen atoms in total. The summed E-state index contributed by atoms with van der Waals surface area (Å²) in [6.07, 6.45) is 2.65. The molecule has 6 heteroatoms. The lowest BCUT2D eigenvalue weighted by Gasteiger charge is -2.34. The topological polar surface area (TPSA) is 86.7 Å². The lowest BCUT2D eigenvalue weighted by atomic mass is 9.87. The SMILES string of the molecule is CC(C)(C)c1ccc(C(=O)Nc2ccc(-c3ccc4c(c3)C(=O)N(C3(C(=O)O)CCCC3)C4)cc2)cc1. The van der Waals surface area contributed by atoms with Gasteiger partial charge in [0.25, 0.3) is 11.8 Å². The monoisotopic (exact) mass is 496 g/mol. The van der Waals surface area contributed by atoms with Crippen LogP contribution in [0.1, 0.15) is 78.3 Å². The molecule has 0 unspecified atom stereocenters. The van der Waals surface area contributed by atoms with Crippen molar-refractivity contribution in [2.24, 2.45) is 0 Å². The minimum absolute atomic E-state index is 0.0273. The molecule has 0 saturated heterocycles. The lowest BCUT2D eigenvalue weighted by molar-refractivity contribution is -0.149. The van der Waals surface area contributed by atoms with Crippen LogP contribution in [-0.2, 0) is 16.8 Å². The molecule has 190 valence electrons. The zero-order chi connectivity index (χ0) is 26.4. The van der Waals surface area contributed by atoms with E-state index in [2.05, 4.69) is 26.1 Å². The Morgan fingerprint density at radius 3 is 2.11 bits per heavy atom. The van der Waals surface area contributed by atoms with E-state index in [9.17, 15) is 19.5 Å². The Morgan fingerprint density at radius 1 is 0.892 bits per heavy atom. The number of nitrogens with one attached hydrogen (secondary N) is 1. The van der Waals surface area contributed by atoms with Gasteiger partial charge in [-0.2, -0.15) is 0 Å². The quantitative estimate of drug-likeness (QED) is 0.437. The molecule has 0 aromatic heterocycles. The van der Waals surface area contributed by atoms with Gasteiger partial charge in [0.2, 0.25) is 0 Å². The Morgan fingerprint density at radius 2 is 1.51 bits per heavy atom. The van der Waals surface area contributed by atoms with Gasteiger partial charge in [-0.05, 0) is 70.8 Å². The van der Waals surface area contributed by atoms with Gasteiger partial charge < -0.3 is 15.3 Å². The molecule has 1 heterocycles. The number of rotatable bonds is 5. The Labute approximate surface area is 217 Å². The van der Waals surface area contributed by atoms with Crippen molar-refractivity contribution in [2.45, 2.75) is 64.0 Å². The summed E-state index contributed by atoms with van der Waals surface area (Å²) in [5.41, 5.74) is 4.61. The van der Waals surface area contributed by atoms with Gasteiger partial charge in [0.15, 0.2) is 0 Å². The smallest absolute Gasteiger partial charge is 0.329 e. The summed E-state index contributed by atoms with van der Waals surface area (Å²) in [4.78, 5) is 39.7. The van der Waals surface area contributed by atoms with Gasteiger partial charge >= 0.3 is 5.97 Å². The molecule has 2 aliphatic rings. The fourth-order valence-electron chi connectivity index (χ4n) is 5.46. The van der Waals surface area contributed by atoms with Crippen LogP contribution in [0.15, 0.2) is 66.7 Å². The Hall–Kier alpha value is -3.93. The van der Waals surface area contributed by atoms with Crippen molar-refractivity contribution in [1.82, 2.24) is 4.90 Å². The number of nitrogens with zero attached hydrogens (tertiary/aromatic N) is 1. The predicted molar refractivity (Wildman–Crippen MR) is 144 cm³/mol. The third-order valence-corrected chi connectivity index (χ3v) is 7.75. The molecule has 1 saturated carbocycles. The first-order chi connectivity index (χ1) is 17.6. The Kier molecular flexibility index (Phi) is 6.14. The number of benzene rings is 3. The molecular weight excluding hydrogens is 464 g/mol. The fourth-order valence-corrected chi connectivity index (χ4v) is 5.46. The highest BCUT2D eigenvalue weighted by Crippen LogP contribution is 2.41. The van der Waals surface area contributed by atoms with E-state index in [4.69, 9.17) is 0 Å². The maximum absolute atomic E-state index is 13.3. The molecule has 1 fully saturated rings. The van der Waals surface area contributed by atoms with Crippen LogP contribution in [0.25, 0.3) is 11.1 Å². The van der Waals surface area contributed by atoms with Crippen LogP contribution >= 0.6 is 0 Å². The second-order valence-corrected chi connectivity index (χ2v) is 11.2. The summed E-state index contributed by atoms with van der Waals surface area (Å²) in [7, 11) is 0. The number of aliphatic carboxylic acids is 1. The van der Waals surface area contributed by atoms with Crippen molar-refractivity contribution in [2.75, 3.05) is 5.32 Å². The van der Waals surface area contributed by atoms with E-state index in [-0.39, 0.29) is 17.2 Å². The number of carboxylic acid groups (broad SMARTS) is 1. The molecule has 3 aromatic rings. The molecule has 0 bridgehead atoms. The zero-order valence-electron chi connectivity index (χ0n) is 21.5. The first-order valence-corrected chi connectivity index (χ1v) is 12.8. The minimum Gasteiger partial charge on any atom is -0.479 e. The highest BCUT2D eigenvalue weighted by molar-refractivity contribution is 6.04. The number of fused-ring (bicyclic) bond motifs is 1. The largest absolute Gasteiger partial charge is 0.479 e. The molecule has 5 rings (SSSR count). The molecule has 1 aliphatic carbocycles. The number of hydrogen-bond acceptors (Lipinski definition) is 3. The molecular formula is C31H32N2O4. The van der Waals surface area contributed by atoms with Crippen molar-refractivity contribution in [3.8, 4) is 11.1 Å². The van der Waals surface area contributed by atoms with Crippen LogP contribution in [0.2, 0.25) is 0 Å². The molecule has 0 radical (unpaired) electrons. The predicted octanol–water partition coefficient (Wildman–Crippen LogP) is 6.26. The molecule has 2 N–H and O–H groups in total. The highest BCUT2D eigenvalue weighted by atomic mass is 16.4. The summed E-state index contributed by atoms with van der Waals surface area (Å²) in [6.45, 7) is 6.75. The van der Waals surface area contributed by atoms with Crippen LogP contribution in [0, 0.1) is 0 Å². The maximum Gasteiger partial charge on any atom is 0.329 e. The van der Waals surface area contributed by atoms with Gasteiger partial charge in [0.1, 0.15) is 5.54 Å². The van der Waals surface area contributed by atoms with Crippen molar-refractivity contribution < 1.29 is 19.5 Å². The van der Waals surface area contributed by atoms with E-state index in [0.29, 0.717) is 36.2 Å². The van der Waals surface area contributed by atoms with E-state index in [1.807, 2.05) is 66.7 Å². The normalized spacial score (nSPS) is 16.5. The number of carboxylic acids is 1. The Balaban J connectivity index is 1.31. The van der Waals surface area contributed by atoms with Crippen LogP contribution in [0.5, 0.6) is 0 Å². The third-order valence-electron chi connectivity index (χ3n) is 7.75. The van der Waals surface area contributed by atoms with Gasteiger partial charge in [-0.25, -0.2) is 4.79 Å². The van der Waals surface area contributed by atoms with E-state index < -0.39 is 11.5 Å². The second-order valence-electron chi connectivity index (χ2n) is 11.2. The van der Waals surface area contributed by atoms with E-state index >= 15 is 0 Å². The van der Waals surface area contributed by atoms with Crippen LogP contribution in [0.3, 0.4) is 0 Å². The summed E-state index contributed by atoms with van der Waals surface area (Å²) < 4.78 is 0. The summed E-state index contributed by atoms with van der Waals surface area (Å²) in [5.74, 6) is -1.28. The molecule has 0 atom stereocenters. The van der Waals surface area contributed by atoms with E-state index in [0.717, 1.165) is 29.5 Å². The second kappa shape index (κ2) is 9.18. The van der Waals surface area contributed by atoms with Crippen LogP contribution in [-0.4, -0.2) is 33.3 Å². The summed E-state index contributed by atoms with van der Waals surface area (Å²) in [6, 6.07) is 20.9. The number of carbonyl (C=O) groups excluding carboxylic acids is 2. The first-order valence-electron chi connectivity index (χ1n) is 12.8. The fraction of sp³-hybridized carbons (Fsp3) is 0.323. The van der Waals surface area contributed by atoms with E-state index in [1.54, 1.807) is 4.90 Å². The van der Waals surface area contributed by atoms with Gasteiger partial charge in [0, 0.05) is 23.4 Å². The zero-order valence-corrected chi connectivity index (χ0v) is 21.5. The average Bonchev–Trinajstić information content (AvgIpc) is 3.50. The van der Waals surface area contributed by atoms with Crippen molar-refractivity contribution in [3.63, 3.8) is 0 Å². The number of anilines is 1. The maximum atomic E-state index is 13.3. The van der Waals surface area contributed by atoms with Gasteiger partial charge in [0.05, 0.1) is 0 Å². The average molecular weight is 497 g/mol. The number of hydrogen-bond donors (Lipinski definition) is 2. The third kappa shape index (κ3) is 4.52. The molecule has 37 heavy (non-hydrogen) atoms. The minimum atomic E-state index is -1.09. The van der Waals surface area contributed by atoms with E-state index in [1.165, 1.54) is 5.56 Å². The molecule has 3 aromatic carbocycles. The molecule has 0 spiro atoms. The van der Waals surface area contributed by atoms with Gasteiger partial charge in [-0.1, -0.05) is 70.0 Å². The summed E-state index contributed by atoms with van der Waals surface area (Å²) >= 11 is 0. The van der Waals surface area contributed by atoms with Crippen molar-refractivity contribution in [1.29, 1.82) is 0 Å². The number of amides is 2. The van der Waals surface area contributed by atoms with Crippen molar-refractivity contribution >= 4 is 23.5 Å². The van der Waals surface area contributed by atoms with Gasteiger partial charge in [-0.3, -0.25) is 9.59 Å². The van der Waals surface area contributed by atoms with Crippen molar-refractivity contribution in [3.05, 3.63) is 89.0 Å². The van der Waals surface area contributed by atoms with Gasteiger partial charge in [-0.15, -0.1) is 0 Å². The van der Waals surface area contributed by atoms with Crippen LogP contribution < -0.4 is 5.32 Å². The first kappa shape index (κ1) is 24.8. The molecule has 1 aliphatic heterocycles. The lowest BCUT2D eigenvalue weighted by Crippen LogP contribution is -2.52. The summed E-state index contributed by atoms with van der Waals surface area (Å²) in [5, 5.41) is 12.9. The molecule has 2 amide bonds. The highest BCUT2D eigenvalue weighted by Gasteiger charge is 2.51. The van der Waals surface area contributed by atoms with Crippen LogP contribution in [0.4, 0.5) is 5.69 Å². The Bertz CT molecular complexity index is 1360. The number of carbonyl (C=O) groups is 3.